The first-order chi connectivity index (χ1) is 10.4. The van der Waals surface area contributed by atoms with E-state index in [0.717, 1.165) is 22.6 Å². The molecule has 1 aliphatic rings. The summed E-state index contributed by atoms with van der Waals surface area (Å²) in [4.78, 5) is 0. The van der Waals surface area contributed by atoms with Crippen molar-refractivity contribution in [3.05, 3.63) is 60.8 Å². The third-order valence-corrected chi connectivity index (χ3v) is 3.84. The molecule has 0 saturated carbocycles. The first kappa shape index (κ1) is 12.1. The Morgan fingerprint density at radius 3 is 2.67 bits per heavy atom. The number of nitrogens with one attached hydrogen (secondary N) is 1. The Hall–Kier alpha value is -2.69. The van der Waals surface area contributed by atoms with Crippen LogP contribution in [0, 0.1) is 0 Å². The average molecular weight is 275 g/mol. The highest BCUT2D eigenvalue weighted by Crippen LogP contribution is 2.31. The molecule has 1 aliphatic heterocycles. The molecule has 21 heavy (non-hydrogen) atoms. The first-order valence-electron chi connectivity index (χ1n) is 6.90. The largest absolute Gasteiger partial charge is 0.497 e. The van der Waals surface area contributed by atoms with Crippen molar-refractivity contribution in [1.82, 2.24) is 9.69 Å². The zero-order valence-corrected chi connectivity index (χ0v) is 11.7. The fourth-order valence-corrected chi connectivity index (χ4v) is 2.78. The molecule has 4 nitrogen and oxygen atoms in total. The van der Waals surface area contributed by atoms with Gasteiger partial charge in [0.2, 0.25) is 0 Å². The Balaban J connectivity index is 1.81. The van der Waals surface area contributed by atoms with E-state index < -0.39 is 0 Å². The highest BCUT2D eigenvalue weighted by Gasteiger charge is 2.30. The Morgan fingerprint density at radius 2 is 1.86 bits per heavy atom. The highest BCUT2D eigenvalue weighted by atomic mass is 16.5. The van der Waals surface area contributed by atoms with Crippen LogP contribution in [-0.2, 0) is 0 Å². The molecule has 4 rings (SSSR count). The quantitative estimate of drug-likeness (QED) is 0.729. The molecule has 3 aromatic rings. The Labute approximate surface area is 123 Å². The molecule has 0 unspecified atom stereocenters. The lowest BCUT2D eigenvalue weighted by Crippen LogP contribution is -2.48. The molecular weight excluding hydrogens is 261 g/mol. The van der Waals surface area contributed by atoms with E-state index in [9.17, 15) is 0 Å². The monoisotopic (exact) mass is 275 g/mol. The van der Waals surface area contributed by atoms with Gasteiger partial charge in [0.1, 0.15) is 5.75 Å². The van der Waals surface area contributed by atoms with Crippen molar-refractivity contribution in [2.24, 2.45) is 0 Å². The molecule has 1 N–H and O–H groups in total. The number of hydrogen-bond donors (Lipinski definition) is 1. The van der Waals surface area contributed by atoms with E-state index in [1.807, 2.05) is 35.1 Å². The number of hydrogen-bond acceptors (Lipinski definition) is 3. The number of nitrogens with zero attached hydrogens (tertiary/aromatic N) is 2. The van der Waals surface area contributed by atoms with Crippen molar-refractivity contribution in [2.45, 2.75) is 0 Å². The van der Waals surface area contributed by atoms with Gasteiger partial charge in [-0.15, -0.1) is 0 Å². The SMILES string of the molecule is COc1ccc(B2Nc3ccccc3-c3ccnn32)cc1. The summed E-state index contributed by atoms with van der Waals surface area (Å²) in [5.74, 6) is 0.857. The predicted octanol–water partition coefficient (Wildman–Crippen LogP) is 2.23. The number of fused-ring (bicyclic) bond motifs is 3. The van der Waals surface area contributed by atoms with E-state index in [-0.39, 0.29) is 6.98 Å². The third kappa shape index (κ3) is 1.89. The van der Waals surface area contributed by atoms with E-state index in [4.69, 9.17) is 4.74 Å². The Morgan fingerprint density at radius 1 is 1.05 bits per heavy atom. The zero-order valence-electron chi connectivity index (χ0n) is 11.7. The van der Waals surface area contributed by atoms with Crippen LogP contribution < -0.4 is 15.4 Å². The fraction of sp³-hybridized carbons (Fsp3) is 0.0625. The summed E-state index contributed by atoms with van der Waals surface area (Å²) in [5, 5.41) is 8.03. The molecule has 1 aromatic heterocycles. The molecule has 102 valence electrons. The summed E-state index contributed by atoms with van der Waals surface area (Å²) in [6, 6.07) is 18.4. The minimum absolute atomic E-state index is 0.00388. The first-order valence-corrected chi connectivity index (χ1v) is 6.90. The van der Waals surface area contributed by atoms with Crippen LogP contribution in [0.2, 0.25) is 0 Å². The van der Waals surface area contributed by atoms with E-state index in [2.05, 4.69) is 40.7 Å². The number of ether oxygens (including phenoxy) is 1. The van der Waals surface area contributed by atoms with Gasteiger partial charge in [0.15, 0.2) is 0 Å². The molecule has 0 radical (unpaired) electrons. The van der Waals surface area contributed by atoms with Crippen molar-refractivity contribution < 1.29 is 4.74 Å². The van der Waals surface area contributed by atoms with E-state index in [1.165, 1.54) is 5.56 Å². The molecule has 0 saturated heterocycles. The molecule has 0 spiro atoms. The van der Waals surface area contributed by atoms with Crippen molar-refractivity contribution in [1.29, 1.82) is 0 Å². The average Bonchev–Trinajstić information content (AvgIpc) is 3.04. The molecule has 5 heteroatoms. The molecule has 2 heterocycles. The summed E-state index contributed by atoms with van der Waals surface area (Å²) in [7, 11) is 1.68. The third-order valence-electron chi connectivity index (χ3n) is 3.84. The number of anilines is 1. The summed E-state index contributed by atoms with van der Waals surface area (Å²) >= 11 is 0. The van der Waals surface area contributed by atoms with Crippen LogP contribution in [-0.4, -0.2) is 23.8 Å². The Kier molecular flexibility index (Phi) is 2.70. The summed E-state index contributed by atoms with van der Waals surface area (Å²) in [6.07, 6.45) is 1.84. The van der Waals surface area contributed by atoms with E-state index >= 15 is 0 Å². The van der Waals surface area contributed by atoms with Gasteiger partial charge >= 0.3 is 6.98 Å². The smallest absolute Gasteiger partial charge is 0.430 e. The van der Waals surface area contributed by atoms with Gasteiger partial charge < -0.3 is 9.96 Å². The van der Waals surface area contributed by atoms with Gasteiger partial charge in [-0.1, -0.05) is 30.3 Å². The number of benzene rings is 2. The predicted molar refractivity (Wildman–Crippen MR) is 85.1 cm³/mol. The fourth-order valence-electron chi connectivity index (χ4n) is 2.78. The second-order valence-corrected chi connectivity index (χ2v) is 5.03. The normalized spacial score (nSPS) is 12.3. The number of aromatic nitrogens is 2. The van der Waals surface area contributed by atoms with Gasteiger partial charge in [-0.25, -0.2) is 0 Å². The lowest BCUT2D eigenvalue weighted by Gasteiger charge is -2.26. The van der Waals surface area contributed by atoms with Crippen LogP contribution in [0.4, 0.5) is 5.69 Å². The number of para-hydroxylation sites is 1. The number of methoxy groups -OCH3 is 1. The standard InChI is InChI=1S/C16H14BN3O/c1-21-13-8-6-12(7-9-13)17-19-15-5-3-2-4-14(15)16-10-11-18-20(16)17/h2-11,19H,1H3. The van der Waals surface area contributed by atoms with E-state index in [0.29, 0.717) is 0 Å². The lowest BCUT2D eigenvalue weighted by atomic mass is 9.66. The molecule has 0 amide bonds. The summed E-state index contributed by atoms with van der Waals surface area (Å²) in [5.41, 5.74) is 4.59. The van der Waals surface area contributed by atoms with Crippen molar-refractivity contribution in [2.75, 3.05) is 12.3 Å². The molecule has 0 bridgehead atoms. The van der Waals surface area contributed by atoms with Crippen LogP contribution in [0.5, 0.6) is 5.75 Å². The second-order valence-electron chi connectivity index (χ2n) is 5.03. The molecule has 2 aromatic carbocycles. The van der Waals surface area contributed by atoms with Gasteiger partial charge in [-0.05, 0) is 29.7 Å². The van der Waals surface area contributed by atoms with Gasteiger partial charge in [0, 0.05) is 17.4 Å². The van der Waals surface area contributed by atoms with E-state index in [1.54, 1.807) is 7.11 Å². The summed E-state index contributed by atoms with van der Waals surface area (Å²) in [6.45, 7) is -0.00388. The van der Waals surface area contributed by atoms with Gasteiger partial charge in [0.25, 0.3) is 0 Å². The van der Waals surface area contributed by atoms with Crippen molar-refractivity contribution >= 4 is 18.1 Å². The van der Waals surface area contributed by atoms with Crippen LogP contribution in [0.15, 0.2) is 60.8 Å². The minimum Gasteiger partial charge on any atom is -0.497 e. The summed E-state index contributed by atoms with van der Waals surface area (Å²) < 4.78 is 7.24. The highest BCUT2D eigenvalue weighted by molar-refractivity contribution is 6.75. The van der Waals surface area contributed by atoms with Crippen LogP contribution >= 0.6 is 0 Å². The van der Waals surface area contributed by atoms with Crippen LogP contribution in [0.1, 0.15) is 0 Å². The molecule has 0 aliphatic carbocycles. The molecule has 0 atom stereocenters. The number of rotatable bonds is 2. The van der Waals surface area contributed by atoms with Crippen LogP contribution in [0.25, 0.3) is 11.3 Å². The maximum Gasteiger partial charge on any atom is 0.430 e. The van der Waals surface area contributed by atoms with Crippen molar-refractivity contribution in [3.8, 4) is 17.0 Å². The van der Waals surface area contributed by atoms with Gasteiger partial charge in [0.05, 0.1) is 12.8 Å². The van der Waals surface area contributed by atoms with Crippen LogP contribution in [0.3, 0.4) is 0 Å². The van der Waals surface area contributed by atoms with Crippen molar-refractivity contribution in [3.63, 3.8) is 0 Å². The molecular formula is C16H14BN3O. The lowest BCUT2D eigenvalue weighted by molar-refractivity contribution is 0.415. The van der Waals surface area contributed by atoms with Gasteiger partial charge in [-0.3, -0.25) is 4.59 Å². The van der Waals surface area contributed by atoms with Gasteiger partial charge in [-0.2, -0.15) is 5.10 Å². The zero-order chi connectivity index (χ0) is 14.2. The Bertz CT molecular complexity index is 782. The topological polar surface area (TPSA) is 39.1 Å². The maximum atomic E-state index is 5.22. The minimum atomic E-state index is -0.00388. The molecule has 0 fully saturated rings. The maximum absolute atomic E-state index is 5.22. The second kappa shape index (κ2) is 4.70.